The van der Waals surface area contributed by atoms with Gasteiger partial charge >= 0.3 is 0 Å². The Morgan fingerprint density at radius 1 is 1.12 bits per heavy atom. The third-order valence-electron chi connectivity index (χ3n) is 5.63. The second-order valence-corrected chi connectivity index (χ2v) is 8.12. The van der Waals surface area contributed by atoms with Gasteiger partial charge in [0.1, 0.15) is 24.7 Å². The lowest BCUT2D eigenvalue weighted by Crippen LogP contribution is -2.41. The van der Waals surface area contributed by atoms with E-state index in [1.807, 2.05) is 56.3 Å². The first-order valence-electron chi connectivity index (χ1n) is 11.2. The van der Waals surface area contributed by atoms with Crippen LogP contribution in [0.3, 0.4) is 0 Å². The van der Waals surface area contributed by atoms with Crippen molar-refractivity contribution in [1.29, 1.82) is 0 Å². The van der Waals surface area contributed by atoms with Gasteiger partial charge in [0.15, 0.2) is 0 Å². The van der Waals surface area contributed by atoms with Crippen LogP contribution < -0.4 is 14.4 Å². The Morgan fingerprint density at radius 3 is 2.78 bits per heavy atom. The van der Waals surface area contributed by atoms with E-state index in [9.17, 15) is 4.79 Å². The van der Waals surface area contributed by atoms with Crippen molar-refractivity contribution >= 4 is 22.5 Å². The summed E-state index contributed by atoms with van der Waals surface area (Å²) in [5.41, 5.74) is 4.60. The van der Waals surface area contributed by atoms with Gasteiger partial charge in [-0.1, -0.05) is 25.5 Å². The van der Waals surface area contributed by atoms with Crippen LogP contribution >= 0.6 is 0 Å². The lowest BCUT2D eigenvalue weighted by Gasteiger charge is -2.27. The molecule has 1 fully saturated rings. The molecule has 2 aromatic carbocycles. The molecule has 0 radical (unpaired) electrons. The van der Waals surface area contributed by atoms with Crippen LogP contribution in [0.25, 0.3) is 10.9 Å². The number of unbranched alkanes of at least 4 members (excludes halogenated alkanes) is 1. The summed E-state index contributed by atoms with van der Waals surface area (Å²) in [6.07, 6.45) is 2.09. The predicted molar refractivity (Wildman–Crippen MR) is 126 cm³/mol. The number of benzene rings is 2. The third-order valence-corrected chi connectivity index (χ3v) is 5.63. The summed E-state index contributed by atoms with van der Waals surface area (Å²) in [6.45, 7) is 8.39. The molecule has 0 saturated carbocycles. The molecule has 0 aliphatic carbocycles. The highest BCUT2D eigenvalue weighted by molar-refractivity contribution is 5.95. The second-order valence-electron chi connectivity index (χ2n) is 8.12. The highest BCUT2D eigenvalue weighted by atomic mass is 16.5. The van der Waals surface area contributed by atoms with Gasteiger partial charge in [-0.15, -0.1) is 0 Å². The summed E-state index contributed by atoms with van der Waals surface area (Å²) in [7, 11) is 0. The number of aryl methyl sites for hydroxylation is 1. The van der Waals surface area contributed by atoms with E-state index in [0.717, 1.165) is 52.0 Å². The molecule has 0 bridgehead atoms. The Morgan fingerprint density at radius 2 is 1.97 bits per heavy atom. The smallest absolute Gasteiger partial charge is 0.253 e. The van der Waals surface area contributed by atoms with Crippen molar-refractivity contribution in [1.82, 2.24) is 4.98 Å². The van der Waals surface area contributed by atoms with Gasteiger partial charge in [0.2, 0.25) is 0 Å². The molecule has 1 amide bonds. The van der Waals surface area contributed by atoms with Gasteiger partial charge in [-0.3, -0.25) is 4.79 Å². The Kier molecular flexibility index (Phi) is 6.90. The number of carbonyl (C=O) groups is 1. The Labute approximate surface area is 189 Å². The van der Waals surface area contributed by atoms with Gasteiger partial charge in [-0.2, -0.15) is 0 Å². The van der Waals surface area contributed by atoms with E-state index in [1.165, 1.54) is 0 Å². The Balaban J connectivity index is 1.59. The maximum Gasteiger partial charge on any atom is 0.253 e. The SMILES string of the molecule is CCCCOc1c(C)c(COc2cc(C)cc(N3CCOCC3=O)c2)nc2ccccc12. The van der Waals surface area contributed by atoms with Crippen molar-refractivity contribution in [2.75, 3.05) is 31.3 Å². The monoisotopic (exact) mass is 434 g/mol. The average Bonchev–Trinajstić information content (AvgIpc) is 2.79. The number of hydrogen-bond acceptors (Lipinski definition) is 5. The zero-order valence-corrected chi connectivity index (χ0v) is 19.0. The molecule has 2 heterocycles. The van der Waals surface area contributed by atoms with E-state index in [4.69, 9.17) is 19.2 Å². The minimum Gasteiger partial charge on any atom is -0.493 e. The maximum atomic E-state index is 12.2. The molecule has 3 aromatic rings. The zero-order chi connectivity index (χ0) is 22.5. The molecule has 1 aliphatic rings. The van der Waals surface area contributed by atoms with E-state index in [0.29, 0.717) is 32.1 Å². The van der Waals surface area contributed by atoms with E-state index in [1.54, 1.807) is 4.90 Å². The quantitative estimate of drug-likeness (QED) is 0.468. The molecular weight excluding hydrogens is 404 g/mol. The lowest BCUT2D eigenvalue weighted by molar-refractivity contribution is -0.125. The van der Waals surface area contributed by atoms with Crippen LogP contribution in [0.15, 0.2) is 42.5 Å². The van der Waals surface area contributed by atoms with Crippen molar-refractivity contribution in [2.24, 2.45) is 0 Å². The molecule has 168 valence electrons. The summed E-state index contributed by atoms with van der Waals surface area (Å²) in [5.74, 6) is 1.56. The number of morpholine rings is 1. The minimum atomic E-state index is -0.0336. The largest absolute Gasteiger partial charge is 0.493 e. The first-order valence-corrected chi connectivity index (χ1v) is 11.2. The Bertz CT molecular complexity index is 1110. The molecule has 1 aliphatic heterocycles. The first kappa shape index (κ1) is 22.1. The van der Waals surface area contributed by atoms with Gasteiger partial charge in [-0.25, -0.2) is 4.98 Å². The van der Waals surface area contributed by atoms with Crippen LogP contribution in [0.1, 0.15) is 36.6 Å². The van der Waals surface area contributed by atoms with Gasteiger partial charge < -0.3 is 19.1 Å². The molecule has 4 rings (SSSR count). The summed E-state index contributed by atoms with van der Waals surface area (Å²) < 4.78 is 17.6. The highest BCUT2D eigenvalue weighted by Crippen LogP contribution is 2.32. The van der Waals surface area contributed by atoms with E-state index in [2.05, 4.69) is 6.92 Å². The first-order chi connectivity index (χ1) is 15.6. The summed E-state index contributed by atoms with van der Waals surface area (Å²) in [5, 5.41) is 1.02. The molecule has 0 atom stereocenters. The second kappa shape index (κ2) is 10.0. The number of pyridine rings is 1. The van der Waals surface area contributed by atoms with Gasteiger partial charge in [0.25, 0.3) is 5.91 Å². The number of para-hydroxylation sites is 1. The van der Waals surface area contributed by atoms with Crippen molar-refractivity contribution in [3.63, 3.8) is 0 Å². The minimum absolute atomic E-state index is 0.0336. The third kappa shape index (κ3) is 4.86. The zero-order valence-electron chi connectivity index (χ0n) is 19.0. The lowest BCUT2D eigenvalue weighted by atomic mass is 10.1. The topological polar surface area (TPSA) is 60.9 Å². The molecular formula is C26H30N2O4. The molecule has 6 heteroatoms. The summed E-state index contributed by atoms with van der Waals surface area (Å²) >= 11 is 0. The number of rotatable bonds is 8. The number of hydrogen-bond donors (Lipinski definition) is 0. The normalized spacial score (nSPS) is 14.1. The van der Waals surface area contributed by atoms with Crippen molar-refractivity contribution in [2.45, 2.75) is 40.2 Å². The fraction of sp³-hybridized carbons (Fsp3) is 0.385. The van der Waals surface area contributed by atoms with Gasteiger partial charge in [0, 0.05) is 29.2 Å². The van der Waals surface area contributed by atoms with E-state index in [-0.39, 0.29) is 12.5 Å². The van der Waals surface area contributed by atoms with Crippen LogP contribution in [0, 0.1) is 13.8 Å². The summed E-state index contributed by atoms with van der Waals surface area (Å²) in [6, 6.07) is 13.9. The van der Waals surface area contributed by atoms with Crippen LogP contribution in [0.5, 0.6) is 11.5 Å². The van der Waals surface area contributed by atoms with Crippen molar-refractivity contribution in [3.05, 3.63) is 59.3 Å². The fourth-order valence-electron chi connectivity index (χ4n) is 3.88. The number of anilines is 1. The van der Waals surface area contributed by atoms with Gasteiger partial charge in [-0.05, 0) is 50.1 Å². The number of nitrogens with zero attached hydrogens (tertiary/aromatic N) is 2. The molecule has 0 spiro atoms. The molecule has 32 heavy (non-hydrogen) atoms. The molecule has 0 unspecified atom stereocenters. The molecule has 6 nitrogen and oxygen atoms in total. The standard InChI is InChI=1S/C26H30N2O4/c1-4-5-11-31-26-19(3)24(27-23-9-7-6-8-22(23)26)16-32-21-14-18(2)13-20(15-21)28-10-12-30-17-25(28)29/h6-9,13-15H,4-5,10-12,16-17H2,1-3H3. The molecule has 1 saturated heterocycles. The van der Waals surface area contributed by atoms with Crippen molar-refractivity contribution < 1.29 is 19.0 Å². The summed E-state index contributed by atoms with van der Waals surface area (Å²) in [4.78, 5) is 18.8. The van der Waals surface area contributed by atoms with Crippen molar-refractivity contribution in [3.8, 4) is 11.5 Å². The molecule has 1 aromatic heterocycles. The number of carbonyl (C=O) groups excluding carboxylic acids is 1. The van der Waals surface area contributed by atoms with Crippen LogP contribution in [-0.4, -0.2) is 37.3 Å². The fourth-order valence-corrected chi connectivity index (χ4v) is 3.88. The van der Waals surface area contributed by atoms with Gasteiger partial charge in [0.05, 0.1) is 24.4 Å². The predicted octanol–water partition coefficient (Wildman–Crippen LogP) is 4.97. The van der Waals surface area contributed by atoms with E-state index < -0.39 is 0 Å². The van der Waals surface area contributed by atoms with Crippen LogP contribution in [0.2, 0.25) is 0 Å². The average molecular weight is 435 g/mol. The number of fused-ring (bicyclic) bond motifs is 1. The number of aromatic nitrogens is 1. The highest BCUT2D eigenvalue weighted by Gasteiger charge is 2.21. The van der Waals surface area contributed by atoms with E-state index >= 15 is 0 Å². The maximum absolute atomic E-state index is 12.2. The number of ether oxygens (including phenoxy) is 3. The number of amides is 1. The van der Waals surface area contributed by atoms with Crippen LogP contribution in [-0.2, 0) is 16.1 Å². The molecule has 0 N–H and O–H groups in total. The van der Waals surface area contributed by atoms with Crippen LogP contribution in [0.4, 0.5) is 5.69 Å². The Hall–Kier alpha value is -3.12.